The average molecular weight is 382 g/mol. The van der Waals surface area contributed by atoms with E-state index < -0.39 is 5.91 Å². The van der Waals surface area contributed by atoms with Crippen LogP contribution in [0.5, 0.6) is 5.75 Å². The third-order valence-electron chi connectivity index (χ3n) is 4.32. The van der Waals surface area contributed by atoms with Gasteiger partial charge in [0.15, 0.2) is 5.49 Å². The fourth-order valence-electron chi connectivity index (χ4n) is 2.91. The van der Waals surface area contributed by atoms with Gasteiger partial charge in [-0.2, -0.15) is 5.10 Å². The maximum Gasteiger partial charge on any atom is 0.271 e. The minimum Gasteiger partial charge on any atom is -0.508 e. The van der Waals surface area contributed by atoms with Gasteiger partial charge in [0.25, 0.3) is 5.91 Å². The van der Waals surface area contributed by atoms with E-state index in [1.807, 2.05) is 71.3 Å². The molecule has 0 aliphatic rings. The van der Waals surface area contributed by atoms with Gasteiger partial charge in [-0.3, -0.25) is 4.79 Å². The zero-order valence-corrected chi connectivity index (χ0v) is 15.4. The zero-order chi connectivity index (χ0) is 20.1. The summed E-state index contributed by atoms with van der Waals surface area (Å²) in [6, 6.07) is 27.7. The van der Waals surface area contributed by atoms with E-state index in [2.05, 4.69) is 15.5 Å². The molecule has 2 N–H and O–H groups in total. The topological polar surface area (TPSA) is 79.5 Å². The van der Waals surface area contributed by atoms with E-state index in [0.29, 0.717) is 11.1 Å². The SMILES string of the molecule is O=C(N/N=c1/cc(-c2ccccc2)n(-c2ccccc2)cn1)c1cccc(O)c1. The van der Waals surface area contributed by atoms with Gasteiger partial charge in [0.1, 0.15) is 12.1 Å². The highest BCUT2D eigenvalue weighted by Crippen LogP contribution is 2.20. The molecular formula is C23H18N4O2. The van der Waals surface area contributed by atoms with Crippen molar-refractivity contribution in [2.24, 2.45) is 5.10 Å². The number of amides is 1. The Balaban J connectivity index is 1.72. The van der Waals surface area contributed by atoms with Crippen LogP contribution < -0.4 is 10.9 Å². The summed E-state index contributed by atoms with van der Waals surface area (Å²) in [6.45, 7) is 0. The Hall–Kier alpha value is -4.19. The van der Waals surface area contributed by atoms with Gasteiger partial charge >= 0.3 is 0 Å². The van der Waals surface area contributed by atoms with Crippen LogP contribution in [0.3, 0.4) is 0 Å². The maximum atomic E-state index is 12.3. The van der Waals surface area contributed by atoms with Gasteiger partial charge in [-0.05, 0) is 35.9 Å². The van der Waals surface area contributed by atoms with Crippen molar-refractivity contribution in [3.05, 3.63) is 108 Å². The Labute approximate surface area is 167 Å². The second-order valence-corrected chi connectivity index (χ2v) is 6.31. The van der Waals surface area contributed by atoms with Crippen molar-refractivity contribution in [2.45, 2.75) is 0 Å². The smallest absolute Gasteiger partial charge is 0.271 e. The number of rotatable bonds is 4. The largest absolute Gasteiger partial charge is 0.508 e. The van der Waals surface area contributed by atoms with Crippen LogP contribution >= 0.6 is 0 Å². The molecular weight excluding hydrogens is 364 g/mol. The van der Waals surface area contributed by atoms with Crippen molar-refractivity contribution < 1.29 is 9.90 Å². The number of aromatic hydroxyl groups is 1. The average Bonchev–Trinajstić information content (AvgIpc) is 2.78. The van der Waals surface area contributed by atoms with Gasteiger partial charge in [0.2, 0.25) is 0 Å². The Morgan fingerprint density at radius 1 is 0.897 bits per heavy atom. The third kappa shape index (κ3) is 4.22. The first-order chi connectivity index (χ1) is 14.2. The Kier molecular flexibility index (Phi) is 5.16. The molecule has 0 fully saturated rings. The number of phenols is 1. The summed E-state index contributed by atoms with van der Waals surface area (Å²) >= 11 is 0. The van der Waals surface area contributed by atoms with Crippen molar-refractivity contribution in [1.29, 1.82) is 0 Å². The molecule has 6 nitrogen and oxygen atoms in total. The summed E-state index contributed by atoms with van der Waals surface area (Å²) in [5.41, 5.74) is 6.01. The fourth-order valence-corrected chi connectivity index (χ4v) is 2.91. The van der Waals surface area contributed by atoms with E-state index in [0.717, 1.165) is 16.9 Å². The minimum absolute atomic E-state index is 0.0192. The number of nitrogens with zero attached hydrogens (tertiary/aromatic N) is 3. The highest BCUT2D eigenvalue weighted by Gasteiger charge is 2.07. The molecule has 1 amide bonds. The Bertz CT molecular complexity index is 1200. The third-order valence-corrected chi connectivity index (χ3v) is 4.32. The number of benzene rings is 3. The summed E-state index contributed by atoms with van der Waals surface area (Å²) in [5, 5.41) is 13.7. The second-order valence-electron chi connectivity index (χ2n) is 6.31. The number of para-hydroxylation sites is 1. The van der Waals surface area contributed by atoms with Gasteiger partial charge in [-0.25, -0.2) is 10.4 Å². The lowest BCUT2D eigenvalue weighted by molar-refractivity contribution is 0.0952. The van der Waals surface area contributed by atoms with Gasteiger partial charge in [-0.1, -0.05) is 54.6 Å². The quantitative estimate of drug-likeness (QED) is 0.530. The summed E-state index contributed by atoms with van der Waals surface area (Å²) in [4.78, 5) is 16.6. The summed E-state index contributed by atoms with van der Waals surface area (Å²) < 4.78 is 1.96. The Morgan fingerprint density at radius 2 is 1.62 bits per heavy atom. The highest BCUT2D eigenvalue weighted by atomic mass is 16.3. The van der Waals surface area contributed by atoms with Gasteiger partial charge in [-0.15, -0.1) is 0 Å². The highest BCUT2D eigenvalue weighted by molar-refractivity contribution is 5.94. The van der Waals surface area contributed by atoms with E-state index in [4.69, 9.17) is 0 Å². The number of carbonyl (C=O) groups excluding carboxylic acids is 1. The lowest BCUT2D eigenvalue weighted by Crippen LogP contribution is -2.23. The van der Waals surface area contributed by atoms with Crippen LogP contribution in [0.2, 0.25) is 0 Å². The first-order valence-electron chi connectivity index (χ1n) is 9.03. The molecule has 1 aromatic heterocycles. The number of nitrogens with one attached hydrogen (secondary N) is 1. The molecule has 142 valence electrons. The normalized spacial score (nSPS) is 11.2. The summed E-state index contributed by atoms with van der Waals surface area (Å²) in [7, 11) is 0. The zero-order valence-electron chi connectivity index (χ0n) is 15.4. The van der Waals surface area contributed by atoms with Crippen molar-refractivity contribution in [2.75, 3.05) is 0 Å². The van der Waals surface area contributed by atoms with E-state index in [-0.39, 0.29) is 5.75 Å². The molecule has 3 aromatic carbocycles. The molecule has 6 heteroatoms. The lowest BCUT2D eigenvalue weighted by Gasteiger charge is -2.13. The van der Waals surface area contributed by atoms with Crippen LogP contribution in [0.25, 0.3) is 16.9 Å². The number of phenolic OH excluding ortho intramolecular Hbond substituents is 1. The molecule has 29 heavy (non-hydrogen) atoms. The number of aromatic nitrogens is 2. The van der Waals surface area contributed by atoms with Crippen molar-refractivity contribution in [3.63, 3.8) is 0 Å². The predicted molar refractivity (Wildman–Crippen MR) is 110 cm³/mol. The van der Waals surface area contributed by atoms with Crippen LogP contribution in [0.1, 0.15) is 10.4 Å². The van der Waals surface area contributed by atoms with Gasteiger partial charge in [0.05, 0.1) is 5.69 Å². The van der Waals surface area contributed by atoms with Crippen LogP contribution in [0, 0.1) is 0 Å². The minimum atomic E-state index is -0.427. The number of hydrogen-bond donors (Lipinski definition) is 2. The van der Waals surface area contributed by atoms with Crippen LogP contribution in [0.4, 0.5) is 0 Å². The van der Waals surface area contributed by atoms with E-state index >= 15 is 0 Å². The number of hydrogen-bond acceptors (Lipinski definition) is 4. The van der Waals surface area contributed by atoms with Gasteiger partial charge in [0, 0.05) is 17.3 Å². The first kappa shape index (κ1) is 18.2. The molecule has 0 unspecified atom stereocenters. The molecule has 0 aliphatic heterocycles. The lowest BCUT2D eigenvalue weighted by atomic mass is 10.1. The molecule has 0 saturated carbocycles. The Morgan fingerprint density at radius 3 is 2.34 bits per heavy atom. The molecule has 4 aromatic rings. The van der Waals surface area contributed by atoms with E-state index in [1.54, 1.807) is 18.5 Å². The monoisotopic (exact) mass is 382 g/mol. The standard InChI is InChI=1S/C23H18N4O2/c28-20-13-7-10-18(14-20)23(29)26-25-22-15-21(17-8-3-1-4-9-17)27(16-24-22)19-11-5-2-6-12-19/h1-16,28H,(H,26,29)/b25-22-. The fraction of sp³-hybridized carbons (Fsp3) is 0. The van der Waals surface area contributed by atoms with E-state index in [1.165, 1.54) is 12.1 Å². The molecule has 0 aliphatic carbocycles. The molecule has 1 heterocycles. The molecule has 0 radical (unpaired) electrons. The van der Waals surface area contributed by atoms with Crippen molar-refractivity contribution in [3.8, 4) is 22.7 Å². The van der Waals surface area contributed by atoms with Crippen LogP contribution in [0.15, 0.2) is 102 Å². The first-order valence-corrected chi connectivity index (χ1v) is 9.03. The van der Waals surface area contributed by atoms with E-state index in [9.17, 15) is 9.90 Å². The second kappa shape index (κ2) is 8.22. The molecule has 0 atom stereocenters. The summed E-state index contributed by atoms with van der Waals surface area (Å²) in [6.07, 6.45) is 1.68. The van der Waals surface area contributed by atoms with Crippen molar-refractivity contribution >= 4 is 5.91 Å². The van der Waals surface area contributed by atoms with Crippen LogP contribution in [-0.2, 0) is 0 Å². The maximum absolute atomic E-state index is 12.3. The summed E-state index contributed by atoms with van der Waals surface area (Å²) in [5.74, 6) is -0.408. The number of carbonyl (C=O) groups is 1. The molecule has 0 spiro atoms. The molecule has 0 bridgehead atoms. The van der Waals surface area contributed by atoms with Crippen LogP contribution in [-0.4, -0.2) is 20.6 Å². The van der Waals surface area contributed by atoms with Crippen molar-refractivity contribution in [1.82, 2.24) is 15.0 Å². The molecule has 0 saturated heterocycles. The predicted octanol–water partition coefficient (Wildman–Crippen LogP) is 3.49. The van der Waals surface area contributed by atoms with Gasteiger partial charge < -0.3 is 9.67 Å². The molecule has 4 rings (SSSR count).